The molecule has 0 fully saturated rings. The summed E-state index contributed by atoms with van der Waals surface area (Å²) in [6.07, 6.45) is 0. The van der Waals surface area contributed by atoms with E-state index in [-0.39, 0.29) is 0 Å². The summed E-state index contributed by atoms with van der Waals surface area (Å²) in [6, 6.07) is 15.8. The first kappa shape index (κ1) is 11.9. The Kier molecular flexibility index (Phi) is 3.05. The zero-order valence-corrected chi connectivity index (χ0v) is 11.6. The van der Waals surface area contributed by atoms with Gasteiger partial charge in [0.1, 0.15) is 10.4 Å². The molecule has 0 amide bonds. The highest BCUT2D eigenvalue weighted by Crippen LogP contribution is 2.25. The van der Waals surface area contributed by atoms with Crippen molar-refractivity contribution in [3.8, 4) is 0 Å². The second-order valence-corrected chi connectivity index (χ2v) is 4.90. The van der Waals surface area contributed by atoms with E-state index in [1.807, 2.05) is 24.3 Å². The summed E-state index contributed by atoms with van der Waals surface area (Å²) < 4.78 is 0.655. The summed E-state index contributed by atoms with van der Waals surface area (Å²) in [7, 11) is 0. The third kappa shape index (κ3) is 2.51. The third-order valence-corrected chi connectivity index (χ3v) is 3.16. The molecule has 4 nitrogen and oxygen atoms in total. The predicted octanol–water partition coefficient (Wildman–Crippen LogP) is 3.72. The molecule has 0 aliphatic carbocycles. The highest BCUT2D eigenvalue weighted by molar-refractivity contribution is 9.10. The minimum Gasteiger partial charge on any atom is -0.383 e. The van der Waals surface area contributed by atoms with Crippen LogP contribution in [0.25, 0.3) is 10.8 Å². The molecular formula is C14H11BrN4. The minimum absolute atomic E-state index is 0.421. The van der Waals surface area contributed by atoms with Crippen molar-refractivity contribution in [2.24, 2.45) is 0 Å². The van der Waals surface area contributed by atoms with Gasteiger partial charge in [-0.15, -0.1) is 0 Å². The summed E-state index contributed by atoms with van der Waals surface area (Å²) in [5, 5.41) is 5.48. The first-order valence-electron chi connectivity index (χ1n) is 5.77. The molecule has 2 aromatic carbocycles. The van der Waals surface area contributed by atoms with Crippen molar-refractivity contribution < 1.29 is 0 Å². The standard InChI is InChI=1S/C14H11BrN4/c15-12-8-13(16)19-14(18-12)17-11-7-3-5-9-4-1-2-6-10(9)11/h1-8H,(H3,16,17,18,19). The van der Waals surface area contributed by atoms with Gasteiger partial charge in [0, 0.05) is 17.1 Å². The van der Waals surface area contributed by atoms with Crippen molar-refractivity contribution in [1.29, 1.82) is 0 Å². The Balaban J connectivity index is 2.05. The Morgan fingerprint density at radius 2 is 1.79 bits per heavy atom. The van der Waals surface area contributed by atoms with Gasteiger partial charge in [-0.1, -0.05) is 36.4 Å². The van der Waals surface area contributed by atoms with Gasteiger partial charge in [0.25, 0.3) is 0 Å². The number of rotatable bonds is 2. The van der Waals surface area contributed by atoms with E-state index in [1.165, 1.54) is 0 Å². The van der Waals surface area contributed by atoms with Crippen LogP contribution in [0.5, 0.6) is 0 Å². The summed E-state index contributed by atoms with van der Waals surface area (Å²) in [6.45, 7) is 0. The Bertz CT molecular complexity index is 717. The number of hydrogen-bond acceptors (Lipinski definition) is 4. The first-order chi connectivity index (χ1) is 9.22. The molecule has 0 aliphatic rings. The lowest BCUT2D eigenvalue weighted by Crippen LogP contribution is -2.00. The predicted molar refractivity (Wildman–Crippen MR) is 81.4 cm³/mol. The van der Waals surface area contributed by atoms with Crippen LogP contribution >= 0.6 is 15.9 Å². The first-order valence-corrected chi connectivity index (χ1v) is 6.56. The summed E-state index contributed by atoms with van der Waals surface area (Å²) >= 11 is 3.30. The molecule has 0 bridgehead atoms. The normalized spacial score (nSPS) is 10.6. The van der Waals surface area contributed by atoms with Crippen LogP contribution in [0, 0.1) is 0 Å². The molecule has 94 valence electrons. The van der Waals surface area contributed by atoms with Crippen LogP contribution in [0.3, 0.4) is 0 Å². The number of nitrogens with zero attached hydrogens (tertiary/aromatic N) is 2. The lowest BCUT2D eigenvalue weighted by molar-refractivity contribution is 1.15. The van der Waals surface area contributed by atoms with E-state index in [0.717, 1.165) is 16.5 Å². The number of aromatic nitrogens is 2. The van der Waals surface area contributed by atoms with Crippen molar-refractivity contribution >= 4 is 44.2 Å². The molecule has 3 N–H and O–H groups in total. The Hall–Kier alpha value is -2.14. The molecule has 0 atom stereocenters. The highest BCUT2D eigenvalue weighted by atomic mass is 79.9. The SMILES string of the molecule is Nc1cc(Br)nc(Nc2cccc3ccccc23)n1. The van der Waals surface area contributed by atoms with Gasteiger partial charge >= 0.3 is 0 Å². The maximum absolute atomic E-state index is 5.70. The van der Waals surface area contributed by atoms with Crippen molar-refractivity contribution in [3.63, 3.8) is 0 Å². The van der Waals surface area contributed by atoms with Crippen LogP contribution in [0.1, 0.15) is 0 Å². The van der Waals surface area contributed by atoms with Crippen LogP contribution in [0.15, 0.2) is 53.1 Å². The largest absolute Gasteiger partial charge is 0.383 e. The zero-order chi connectivity index (χ0) is 13.2. The number of nitrogen functional groups attached to an aromatic ring is 1. The summed E-state index contributed by atoms with van der Waals surface area (Å²) in [4.78, 5) is 8.41. The van der Waals surface area contributed by atoms with Crippen LogP contribution in [0.4, 0.5) is 17.5 Å². The van der Waals surface area contributed by atoms with E-state index < -0.39 is 0 Å². The molecule has 1 heterocycles. The van der Waals surface area contributed by atoms with Crippen molar-refractivity contribution in [3.05, 3.63) is 53.1 Å². The van der Waals surface area contributed by atoms with Gasteiger partial charge in [-0.2, -0.15) is 4.98 Å². The second kappa shape index (κ2) is 4.85. The minimum atomic E-state index is 0.421. The fraction of sp³-hybridized carbons (Fsp3) is 0. The fourth-order valence-electron chi connectivity index (χ4n) is 1.95. The third-order valence-electron chi connectivity index (χ3n) is 2.75. The van der Waals surface area contributed by atoms with E-state index >= 15 is 0 Å². The highest BCUT2D eigenvalue weighted by Gasteiger charge is 2.04. The maximum Gasteiger partial charge on any atom is 0.230 e. The Morgan fingerprint density at radius 1 is 1.00 bits per heavy atom. The van der Waals surface area contributed by atoms with Crippen LogP contribution in [0.2, 0.25) is 0 Å². The number of halogens is 1. The molecule has 19 heavy (non-hydrogen) atoms. The molecule has 0 saturated heterocycles. The number of nitrogens with two attached hydrogens (primary N) is 1. The van der Waals surface area contributed by atoms with Crippen LogP contribution in [-0.4, -0.2) is 9.97 Å². The topological polar surface area (TPSA) is 63.8 Å². The van der Waals surface area contributed by atoms with E-state index in [1.54, 1.807) is 6.07 Å². The number of fused-ring (bicyclic) bond motifs is 1. The van der Waals surface area contributed by atoms with Crippen molar-refractivity contribution in [2.75, 3.05) is 11.1 Å². The molecule has 3 aromatic rings. The fourth-order valence-corrected chi connectivity index (χ4v) is 2.35. The molecule has 5 heteroatoms. The van der Waals surface area contributed by atoms with E-state index in [2.05, 4.69) is 49.4 Å². The molecule has 0 radical (unpaired) electrons. The van der Waals surface area contributed by atoms with Gasteiger partial charge < -0.3 is 11.1 Å². The van der Waals surface area contributed by atoms with E-state index in [0.29, 0.717) is 16.4 Å². The Labute approximate surface area is 118 Å². The molecule has 3 rings (SSSR count). The molecule has 0 saturated carbocycles. The second-order valence-electron chi connectivity index (χ2n) is 4.09. The molecule has 0 unspecified atom stereocenters. The smallest absolute Gasteiger partial charge is 0.230 e. The maximum atomic E-state index is 5.70. The average molecular weight is 315 g/mol. The van der Waals surface area contributed by atoms with E-state index in [9.17, 15) is 0 Å². The Morgan fingerprint density at radius 3 is 2.63 bits per heavy atom. The van der Waals surface area contributed by atoms with Gasteiger partial charge in [-0.3, -0.25) is 0 Å². The molecule has 0 aliphatic heterocycles. The van der Waals surface area contributed by atoms with Crippen LogP contribution in [-0.2, 0) is 0 Å². The number of anilines is 3. The quantitative estimate of drug-likeness (QED) is 0.708. The molecule has 0 spiro atoms. The van der Waals surface area contributed by atoms with Crippen molar-refractivity contribution in [2.45, 2.75) is 0 Å². The van der Waals surface area contributed by atoms with Gasteiger partial charge in [0.2, 0.25) is 5.95 Å². The monoisotopic (exact) mass is 314 g/mol. The van der Waals surface area contributed by atoms with Gasteiger partial charge in [0.05, 0.1) is 0 Å². The number of hydrogen-bond donors (Lipinski definition) is 2. The van der Waals surface area contributed by atoms with Crippen molar-refractivity contribution in [1.82, 2.24) is 9.97 Å². The summed E-state index contributed by atoms with van der Waals surface area (Å²) in [5.74, 6) is 0.896. The van der Waals surface area contributed by atoms with E-state index in [4.69, 9.17) is 5.73 Å². The lowest BCUT2D eigenvalue weighted by atomic mass is 10.1. The van der Waals surface area contributed by atoms with Gasteiger partial charge in [-0.05, 0) is 27.4 Å². The average Bonchev–Trinajstić information content (AvgIpc) is 2.38. The van der Waals surface area contributed by atoms with Gasteiger partial charge in [0.15, 0.2) is 0 Å². The lowest BCUT2D eigenvalue weighted by Gasteiger charge is -2.09. The van der Waals surface area contributed by atoms with Crippen LogP contribution < -0.4 is 11.1 Å². The number of nitrogens with one attached hydrogen (secondary N) is 1. The zero-order valence-electron chi connectivity index (χ0n) is 9.97. The molecule has 1 aromatic heterocycles. The van der Waals surface area contributed by atoms with Gasteiger partial charge in [-0.25, -0.2) is 4.98 Å². The number of benzene rings is 2. The molecular weight excluding hydrogens is 304 g/mol. The summed E-state index contributed by atoms with van der Waals surface area (Å²) in [5.41, 5.74) is 6.66.